The van der Waals surface area contributed by atoms with Crippen LogP contribution in [-0.4, -0.2) is 37.1 Å². The summed E-state index contributed by atoms with van der Waals surface area (Å²) < 4.78 is 20.6. The van der Waals surface area contributed by atoms with Crippen LogP contribution in [-0.2, 0) is 14.3 Å². The molecule has 3 atom stereocenters. The normalized spacial score (nSPS) is 19.5. The Labute approximate surface area is 189 Å². The minimum absolute atomic E-state index is 0.0126. The third-order valence-electron chi connectivity index (χ3n) is 5.27. The van der Waals surface area contributed by atoms with Crippen molar-refractivity contribution in [3.8, 4) is 0 Å². The van der Waals surface area contributed by atoms with E-state index < -0.39 is 17.8 Å². The van der Waals surface area contributed by atoms with Gasteiger partial charge in [0.05, 0.1) is 17.9 Å². The summed E-state index contributed by atoms with van der Waals surface area (Å²) in [6.45, 7) is 9.02. The number of rotatable bonds is 7. The quantitative estimate of drug-likeness (QED) is 0.673. The Morgan fingerprint density at radius 3 is 2.34 bits per heavy atom. The van der Waals surface area contributed by atoms with Crippen molar-refractivity contribution in [1.82, 2.24) is 5.32 Å². The van der Waals surface area contributed by atoms with Gasteiger partial charge < -0.3 is 20.3 Å². The largest absolute Gasteiger partial charge is 0.372 e. The van der Waals surface area contributed by atoms with E-state index in [0.717, 1.165) is 0 Å². The van der Waals surface area contributed by atoms with Crippen molar-refractivity contribution in [2.24, 2.45) is 5.92 Å². The predicted molar refractivity (Wildman–Crippen MR) is 124 cm³/mol. The number of amides is 2. The van der Waals surface area contributed by atoms with E-state index >= 15 is 0 Å². The summed E-state index contributed by atoms with van der Waals surface area (Å²) in [6.07, 6.45) is 0.341. The first-order valence-corrected chi connectivity index (χ1v) is 11.1. The molecule has 2 aromatic rings. The van der Waals surface area contributed by atoms with Crippen LogP contribution in [0, 0.1) is 11.7 Å². The van der Waals surface area contributed by atoms with Crippen LogP contribution < -0.4 is 15.5 Å². The van der Waals surface area contributed by atoms with Gasteiger partial charge in [0.25, 0.3) is 5.91 Å². The highest BCUT2D eigenvalue weighted by atomic mass is 19.1. The zero-order valence-corrected chi connectivity index (χ0v) is 19.1. The maximum atomic E-state index is 14.9. The molecule has 32 heavy (non-hydrogen) atoms. The number of nitrogens with zero attached hydrogens (tertiary/aromatic N) is 1. The van der Waals surface area contributed by atoms with Gasteiger partial charge in [-0.15, -0.1) is 0 Å². The van der Waals surface area contributed by atoms with Crippen LogP contribution in [0.25, 0.3) is 0 Å². The van der Waals surface area contributed by atoms with E-state index in [0.29, 0.717) is 36.4 Å². The summed E-state index contributed by atoms with van der Waals surface area (Å²) >= 11 is 0. The molecule has 1 saturated heterocycles. The highest BCUT2D eigenvalue weighted by molar-refractivity contribution is 5.98. The Balaban J connectivity index is 1.75. The molecular weight excluding hydrogens is 409 g/mol. The first kappa shape index (κ1) is 23.7. The SMILES string of the molecule is CC(C)CC(=O)NC(C(=O)Nc1ccc(N2CC(C)OC(C)C2)c(F)c1)c1ccccc1. The summed E-state index contributed by atoms with van der Waals surface area (Å²) in [5.41, 5.74) is 1.48. The molecule has 3 rings (SSSR count). The van der Waals surface area contributed by atoms with E-state index in [1.807, 2.05) is 50.8 Å². The number of morpholine rings is 1. The number of benzene rings is 2. The fourth-order valence-electron chi connectivity index (χ4n) is 3.97. The fraction of sp³-hybridized carbons (Fsp3) is 0.440. The molecule has 1 heterocycles. The van der Waals surface area contributed by atoms with E-state index in [2.05, 4.69) is 10.6 Å². The van der Waals surface area contributed by atoms with Crippen LogP contribution in [0.3, 0.4) is 0 Å². The Hall–Kier alpha value is -2.93. The van der Waals surface area contributed by atoms with Gasteiger partial charge in [0.2, 0.25) is 5.91 Å². The zero-order valence-electron chi connectivity index (χ0n) is 19.1. The third-order valence-corrected chi connectivity index (χ3v) is 5.27. The third kappa shape index (κ3) is 6.29. The van der Waals surface area contributed by atoms with Crippen LogP contribution in [0.2, 0.25) is 0 Å². The smallest absolute Gasteiger partial charge is 0.251 e. The number of hydrogen-bond acceptors (Lipinski definition) is 4. The molecule has 2 aromatic carbocycles. The zero-order chi connectivity index (χ0) is 23.3. The molecule has 7 heteroatoms. The summed E-state index contributed by atoms with van der Waals surface area (Å²) in [7, 11) is 0. The second kappa shape index (κ2) is 10.6. The molecule has 0 spiro atoms. The topological polar surface area (TPSA) is 70.7 Å². The Kier molecular flexibility index (Phi) is 7.85. The number of hydrogen-bond donors (Lipinski definition) is 2. The predicted octanol–water partition coefficient (Wildman–Crippen LogP) is 4.28. The second-order valence-electron chi connectivity index (χ2n) is 8.83. The van der Waals surface area contributed by atoms with Crippen molar-refractivity contribution in [2.75, 3.05) is 23.3 Å². The van der Waals surface area contributed by atoms with Gasteiger partial charge in [0, 0.05) is 25.2 Å². The average Bonchev–Trinajstić information content (AvgIpc) is 2.71. The van der Waals surface area contributed by atoms with Gasteiger partial charge in [0.15, 0.2) is 0 Å². The van der Waals surface area contributed by atoms with Crippen molar-refractivity contribution in [2.45, 2.75) is 52.4 Å². The molecule has 1 aliphatic heterocycles. The molecule has 0 aliphatic carbocycles. The summed E-state index contributed by atoms with van der Waals surface area (Å²) in [4.78, 5) is 27.4. The first-order chi connectivity index (χ1) is 15.2. The standard InChI is InChI=1S/C25H32FN3O3/c1-16(2)12-23(30)28-24(19-8-6-5-7-9-19)25(31)27-20-10-11-22(21(26)13-20)29-14-17(3)32-18(4)15-29/h5-11,13,16-18,24H,12,14-15H2,1-4H3,(H,27,31)(H,28,30). The molecule has 0 bridgehead atoms. The van der Waals surface area contributed by atoms with Gasteiger partial charge in [-0.3, -0.25) is 9.59 Å². The Bertz CT molecular complexity index is 925. The van der Waals surface area contributed by atoms with Crippen LogP contribution in [0.4, 0.5) is 15.8 Å². The van der Waals surface area contributed by atoms with Crippen LogP contribution in [0.15, 0.2) is 48.5 Å². The van der Waals surface area contributed by atoms with E-state index in [-0.39, 0.29) is 24.0 Å². The van der Waals surface area contributed by atoms with Gasteiger partial charge in [-0.2, -0.15) is 0 Å². The summed E-state index contributed by atoms with van der Waals surface area (Å²) in [5, 5.41) is 5.56. The molecule has 2 amide bonds. The number of halogens is 1. The van der Waals surface area contributed by atoms with Gasteiger partial charge in [-0.05, 0) is 43.5 Å². The summed E-state index contributed by atoms with van der Waals surface area (Å²) in [5.74, 6) is -0.874. The maximum Gasteiger partial charge on any atom is 0.251 e. The molecule has 3 unspecified atom stereocenters. The molecule has 0 radical (unpaired) electrons. The highest BCUT2D eigenvalue weighted by Gasteiger charge is 2.26. The van der Waals surface area contributed by atoms with E-state index in [1.165, 1.54) is 6.07 Å². The molecular formula is C25H32FN3O3. The van der Waals surface area contributed by atoms with Crippen molar-refractivity contribution in [1.29, 1.82) is 0 Å². The molecule has 2 N–H and O–H groups in total. The fourth-order valence-corrected chi connectivity index (χ4v) is 3.97. The molecule has 6 nitrogen and oxygen atoms in total. The van der Waals surface area contributed by atoms with Crippen molar-refractivity contribution >= 4 is 23.2 Å². The molecule has 172 valence electrons. The van der Waals surface area contributed by atoms with Gasteiger partial charge in [0.1, 0.15) is 11.9 Å². The number of carbonyl (C=O) groups excluding carboxylic acids is 2. The monoisotopic (exact) mass is 441 g/mol. The summed E-state index contributed by atoms with van der Waals surface area (Å²) in [6, 6.07) is 12.8. The molecule has 1 fully saturated rings. The van der Waals surface area contributed by atoms with E-state index in [4.69, 9.17) is 4.74 Å². The van der Waals surface area contributed by atoms with E-state index in [9.17, 15) is 14.0 Å². The van der Waals surface area contributed by atoms with Crippen molar-refractivity contribution in [3.05, 3.63) is 59.9 Å². The second-order valence-corrected chi connectivity index (χ2v) is 8.83. The minimum Gasteiger partial charge on any atom is -0.372 e. The number of carbonyl (C=O) groups is 2. The Morgan fingerprint density at radius 2 is 1.75 bits per heavy atom. The molecule has 0 aromatic heterocycles. The van der Waals surface area contributed by atoms with Crippen LogP contribution >= 0.6 is 0 Å². The van der Waals surface area contributed by atoms with E-state index in [1.54, 1.807) is 24.3 Å². The Morgan fingerprint density at radius 1 is 1.09 bits per heavy atom. The highest BCUT2D eigenvalue weighted by Crippen LogP contribution is 2.27. The lowest BCUT2D eigenvalue weighted by Crippen LogP contribution is -2.45. The van der Waals surface area contributed by atoms with Gasteiger partial charge in [-0.1, -0.05) is 44.2 Å². The van der Waals surface area contributed by atoms with Crippen LogP contribution in [0.5, 0.6) is 0 Å². The number of anilines is 2. The van der Waals surface area contributed by atoms with Crippen LogP contribution in [0.1, 0.15) is 45.7 Å². The molecule has 0 saturated carbocycles. The number of nitrogens with one attached hydrogen (secondary N) is 2. The lowest BCUT2D eigenvalue weighted by molar-refractivity contribution is -0.127. The number of ether oxygens (including phenoxy) is 1. The lowest BCUT2D eigenvalue weighted by atomic mass is 10.0. The first-order valence-electron chi connectivity index (χ1n) is 11.1. The van der Waals surface area contributed by atoms with Gasteiger partial charge >= 0.3 is 0 Å². The van der Waals surface area contributed by atoms with Gasteiger partial charge in [-0.25, -0.2) is 4.39 Å². The molecule has 1 aliphatic rings. The van der Waals surface area contributed by atoms with Crippen molar-refractivity contribution in [3.63, 3.8) is 0 Å². The maximum absolute atomic E-state index is 14.9. The average molecular weight is 442 g/mol. The lowest BCUT2D eigenvalue weighted by Gasteiger charge is -2.37. The van der Waals surface area contributed by atoms with Crippen molar-refractivity contribution < 1.29 is 18.7 Å². The minimum atomic E-state index is -0.869.